The van der Waals surface area contributed by atoms with Crippen LogP contribution in [0.15, 0.2) is 135 Å². The molecule has 0 saturated carbocycles. The number of carbonyl (C=O) groups excluding carboxylic acids is 4. The van der Waals surface area contributed by atoms with Gasteiger partial charge in [-0.15, -0.1) is 0 Å². The Labute approximate surface area is 433 Å². The lowest BCUT2D eigenvalue weighted by molar-refractivity contribution is -0.127. The van der Waals surface area contributed by atoms with Crippen LogP contribution in [0.3, 0.4) is 0 Å². The Balaban J connectivity index is 0.000000162. The van der Waals surface area contributed by atoms with Crippen LogP contribution in [0, 0.1) is 0 Å². The van der Waals surface area contributed by atoms with Crippen LogP contribution in [0.1, 0.15) is 54.4 Å². The number of pyridine rings is 4. The fraction of sp³-hybridized carbons (Fsp3) is 0.179. The Bertz CT molecular complexity index is 3850. The second kappa shape index (κ2) is 20.7. The van der Waals surface area contributed by atoms with Crippen molar-refractivity contribution < 1.29 is 38.9 Å². The van der Waals surface area contributed by atoms with Crippen LogP contribution in [-0.2, 0) is 48.7 Å². The summed E-state index contributed by atoms with van der Waals surface area (Å²) < 4.78 is 14.0. The summed E-state index contributed by atoms with van der Waals surface area (Å²) in [5, 5.41) is 28.5. The van der Waals surface area contributed by atoms with Crippen molar-refractivity contribution in [1.29, 1.82) is 0 Å². The predicted molar refractivity (Wildman–Crippen MR) is 278 cm³/mol. The van der Waals surface area contributed by atoms with Crippen molar-refractivity contribution in [2.24, 2.45) is 0 Å². The van der Waals surface area contributed by atoms with Crippen molar-refractivity contribution in [3.05, 3.63) is 179 Å². The first-order valence-electron chi connectivity index (χ1n) is 24.3. The second-order valence-electron chi connectivity index (χ2n) is 17.9. The maximum absolute atomic E-state index is 13.5. The molecule has 0 saturated heterocycles. The number of rotatable bonds is 12. The molecule has 10 aromatic rings. The molecule has 2 aliphatic heterocycles. The molecule has 20 heteroatoms. The quantitative estimate of drug-likeness (QED) is 0.0791. The third-order valence-corrected chi connectivity index (χ3v) is 13.7. The molecule has 2 amide bonds. The summed E-state index contributed by atoms with van der Waals surface area (Å²) in [6.45, 7) is 1.06. The zero-order valence-electron chi connectivity index (χ0n) is 41.2. The smallest absolute Gasteiger partial charge is 0.295 e. The number of hydrogen-bond donors (Lipinski definition) is 4. The largest absolute Gasteiger partial charge is 0.494 e. The van der Waals surface area contributed by atoms with Crippen LogP contribution in [-0.4, -0.2) is 120 Å². The van der Waals surface area contributed by atoms with Gasteiger partial charge in [-0.05, 0) is 71.5 Å². The van der Waals surface area contributed by atoms with E-state index in [2.05, 4.69) is 40.1 Å². The average Bonchev–Trinajstić information content (AvgIpc) is 4.36. The summed E-state index contributed by atoms with van der Waals surface area (Å²) in [4.78, 5) is 81.1. The molecule has 0 fully saturated rings. The molecule has 380 valence electrons. The lowest BCUT2D eigenvalue weighted by atomic mass is 9.92. The van der Waals surface area contributed by atoms with Crippen LogP contribution in [0.4, 0.5) is 0 Å². The highest BCUT2D eigenvalue weighted by Gasteiger charge is 2.33. The minimum atomic E-state index is -0.640. The van der Waals surface area contributed by atoms with Gasteiger partial charge in [-0.1, -0.05) is 48.5 Å². The Morgan fingerprint density at radius 3 is 1.63 bits per heavy atom. The van der Waals surface area contributed by atoms with E-state index in [-0.39, 0.29) is 24.3 Å². The van der Waals surface area contributed by atoms with Crippen LogP contribution in [0.2, 0.25) is 0 Å². The summed E-state index contributed by atoms with van der Waals surface area (Å²) in [5.74, 6) is -0.928. The molecule has 20 nitrogen and oxygen atoms in total. The maximum atomic E-state index is 13.5. The van der Waals surface area contributed by atoms with Gasteiger partial charge < -0.3 is 39.5 Å². The van der Waals surface area contributed by atoms with Gasteiger partial charge >= 0.3 is 0 Å². The highest BCUT2D eigenvalue weighted by Crippen LogP contribution is 2.36. The van der Waals surface area contributed by atoms with Crippen LogP contribution < -0.4 is 9.47 Å². The standard InChI is InChI=1S/2C28H24N6O4/c1-38-23-14-31-27(34-12-8-18(16-35)32-34)25-24(23)21(13-30-25)26(36)28(37)33-11-9-19-17(15-33)5-4-6-20(19)22-7-2-3-10-29-22;1-38-23-14-31-27(34-18(16-35)8-11-32-34)25-24(23)21(13-30-25)26(36)28(37)33-12-9-19-17(15-33)5-4-6-20(19)22-7-2-3-10-29-22/h2-8,10,12-14,30,35H,9,11,15-16H2,1H3;2-8,10-11,13-14,30,35H,9,12,15-16H2,1H3. The third kappa shape index (κ3) is 8.79. The molecule has 12 rings (SSSR count). The van der Waals surface area contributed by atoms with Gasteiger partial charge in [0, 0.05) is 74.5 Å². The maximum Gasteiger partial charge on any atom is 0.295 e. The number of fused-ring (bicyclic) bond motifs is 4. The minimum absolute atomic E-state index is 0.191. The first kappa shape index (κ1) is 48.6. The normalized spacial score (nSPS) is 12.9. The highest BCUT2D eigenvalue weighted by atomic mass is 16.5. The molecule has 10 heterocycles. The second-order valence-corrected chi connectivity index (χ2v) is 17.9. The Hall–Kier alpha value is -9.66. The number of aromatic nitrogens is 10. The van der Waals surface area contributed by atoms with Crippen molar-refractivity contribution in [3.63, 3.8) is 0 Å². The number of aliphatic hydroxyl groups is 2. The Morgan fingerprint density at radius 2 is 1.14 bits per heavy atom. The molecule has 0 spiro atoms. The van der Waals surface area contributed by atoms with Gasteiger partial charge in [-0.2, -0.15) is 10.2 Å². The number of aromatic amines is 2. The topological polar surface area (TPSA) is 252 Å². The van der Waals surface area contributed by atoms with E-state index in [0.29, 0.717) is 95.3 Å². The first-order chi connectivity index (χ1) is 37.2. The van der Waals surface area contributed by atoms with E-state index in [1.807, 2.05) is 72.8 Å². The zero-order chi connectivity index (χ0) is 52.5. The van der Waals surface area contributed by atoms with Gasteiger partial charge in [-0.25, -0.2) is 19.3 Å². The van der Waals surface area contributed by atoms with Crippen LogP contribution in [0.25, 0.3) is 56.0 Å². The summed E-state index contributed by atoms with van der Waals surface area (Å²) in [6.07, 6.45) is 14.0. The summed E-state index contributed by atoms with van der Waals surface area (Å²) in [5.41, 5.74) is 10.5. The average molecular weight is 1020 g/mol. The SMILES string of the molecule is COc1cnc(-n2ccc(CO)n2)c2[nH]cc(C(=O)C(=O)N3CCc4c(cccc4-c4ccccn4)C3)c12.COc1cnc(-n2nccc2CO)c2[nH]cc(C(=O)C(=O)N3CCc4c(cccc4-c4ccccn4)C3)c12. The van der Waals surface area contributed by atoms with Gasteiger partial charge in [0.2, 0.25) is 0 Å². The fourth-order valence-corrected chi connectivity index (χ4v) is 10.0. The van der Waals surface area contributed by atoms with Crippen molar-refractivity contribution in [3.8, 4) is 45.6 Å². The number of carbonyl (C=O) groups is 4. The number of amides is 2. The third-order valence-electron chi connectivity index (χ3n) is 13.7. The van der Waals surface area contributed by atoms with E-state index in [1.54, 1.807) is 46.7 Å². The van der Waals surface area contributed by atoms with Crippen molar-refractivity contribution >= 4 is 45.2 Å². The minimum Gasteiger partial charge on any atom is -0.494 e. The molecule has 0 radical (unpaired) electrons. The van der Waals surface area contributed by atoms with E-state index in [1.165, 1.54) is 48.4 Å². The molecule has 4 N–H and O–H groups in total. The van der Waals surface area contributed by atoms with Crippen LogP contribution in [0.5, 0.6) is 11.5 Å². The number of ether oxygens (including phenoxy) is 2. The summed E-state index contributed by atoms with van der Waals surface area (Å²) >= 11 is 0. The van der Waals surface area contributed by atoms with Gasteiger partial charge in [0.05, 0.1) is 95.5 Å². The molecular weight excluding hydrogens is 969 g/mol. The summed E-state index contributed by atoms with van der Waals surface area (Å²) in [6, 6.07) is 26.9. The first-order valence-corrected chi connectivity index (χ1v) is 24.3. The number of benzene rings is 2. The number of ketones is 2. The number of H-pyrrole nitrogens is 2. The zero-order valence-corrected chi connectivity index (χ0v) is 41.2. The molecule has 2 aliphatic rings. The number of hydrogen-bond acceptors (Lipinski definition) is 14. The van der Waals surface area contributed by atoms with Gasteiger partial charge in [0.25, 0.3) is 23.4 Å². The van der Waals surface area contributed by atoms with Gasteiger partial charge in [0.1, 0.15) is 11.5 Å². The van der Waals surface area contributed by atoms with E-state index in [4.69, 9.17) is 9.47 Å². The molecule has 76 heavy (non-hydrogen) atoms. The van der Waals surface area contributed by atoms with E-state index in [0.717, 1.165) is 44.8 Å². The number of aliphatic hydroxyl groups excluding tert-OH is 2. The Kier molecular flexibility index (Phi) is 13.2. The van der Waals surface area contributed by atoms with Gasteiger partial charge in [-0.3, -0.25) is 29.1 Å². The van der Waals surface area contributed by atoms with E-state index < -0.39 is 23.4 Å². The molecule has 0 bridgehead atoms. The van der Waals surface area contributed by atoms with Crippen molar-refractivity contribution in [2.45, 2.75) is 39.1 Å². The number of nitrogens with one attached hydrogen (secondary N) is 2. The van der Waals surface area contributed by atoms with Crippen molar-refractivity contribution in [1.82, 2.24) is 59.3 Å². The molecular formula is C56H48N12O8. The Morgan fingerprint density at radius 1 is 0.605 bits per heavy atom. The van der Waals surface area contributed by atoms with E-state index >= 15 is 0 Å². The lowest BCUT2D eigenvalue weighted by Crippen LogP contribution is -2.40. The molecule has 2 aromatic carbocycles. The highest BCUT2D eigenvalue weighted by molar-refractivity contribution is 6.46. The monoisotopic (exact) mass is 1020 g/mol. The van der Waals surface area contributed by atoms with Gasteiger partial charge in [0.15, 0.2) is 11.6 Å². The summed E-state index contributed by atoms with van der Waals surface area (Å²) in [7, 11) is 2.96. The fourth-order valence-electron chi connectivity index (χ4n) is 10.0. The molecule has 0 unspecified atom stereocenters. The van der Waals surface area contributed by atoms with Crippen molar-refractivity contribution in [2.75, 3.05) is 27.3 Å². The number of Topliss-reactive ketones (excluding diaryl/α,β-unsaturated/α-hetero) is 2. The van der Waals surface area contributed by atoms with E-state index in [9.17, 15) is 29.4 Å². The molecule has 8 aromatic heterocycles. The van der Waals surface area contributed by atoms with Crippen LogP contribution >= 0.6 is 0 Å². The molecule has 0 aliphatic carbocycles. The predicted octanol–water partition coefficient (Wildman–Crippen LogP) is 6.16. The lowest BCUT2D eigenvalue weighted by Gasteiger charge is -2.29. The molecule has 0 atom stereocenters. The number of methoxy groups -OCH3 is 2. The number of nitrogens with zero attached hydrogens (tertiary/aromatic N) is 10.